The fraction of sp³-hybridized carbons (Fsp3) is 0.875. The van der Waals surface area contributed by atoms with Crippen LogP contribution in [0.15, 0.2) is 0 Å². The summed E-state index contributed by atoms with van der Waals surface area (Å²) in [6.07, 6.45) is 6.34. The first-order chi connectivity index (χ1) is 9.02. The SMILES string of the molecule is CCC(=O)N(CC)[C@@H](C(=O)C(C)C)C1CCCCC1. The van der Waals surface area contributed by atoms with Crippen LogP contribution in [-0.4, -0.2) is 29.2 Å². The number of rotatable bonds is 6. The molecule has 1 rings (SSSR count). The number of ketones is 1. The molecule has 1 fully saturated rings. The lowest BCUT2D eigenvalue weighted by molar-refractivity contribution is -0.143. The van der Waals surface area contributed by atoms with Crippen molar-refractivity contribution in [1.82, 2.24) is 4.90 Å². The number of carbonyl (C=O) groups excluding carboxylic acids is 2. The summed E-state index contributed by atoms with van der Waals surface area (Å²) in [5.74, 6) is 0.743. The summed E-state index contributed by atoms with van der Waals surface area (Å²) in [5, 5.41) is 0. The summed E-state index contributed by atoms with van der Waals surface area (Å²) < 4.78 is 0. The summed E-state index contributed by atoms with van der Waals surface area (Å²) in [6, 6.07) is -0.183. The first-order valence-electron chi connectivity index (χ1n) is 7.86. The molecule has 0 heterocycles. The smallest absolute Gasteiger partial charge is 0.222 e. The lowest BCUT2D eigenvalue weighted by Gasteiger charge is -2.38. The van der Waals surface area contributed by atoms with E-state index in [0.717, 1.165) is 12.8 Å². The molecule has 1 aliphatic carbocycles. The van der Waals surface area contributed by atoms with Crippen LogP contribution >= 0.6 is 0 Å². The maximum atomic E-state index is 12.6. The molecular weight excluding hydrogens is 238 g/mol. The molecule has 0 unspecified atom stereocenters. The van der Waals surface area contributed by atoms with Crippen molar-refractivity contribution in [1.29, 1.82) is 0 Å². The van der Waals surface area contributed by atoms with Crippen LogP contribution in [0, 0.1) is 11.8 Å². The minimum atomic E-state index is -0.183. The average molecular weight is 267 g/mol. The molecule has 1 atom stereocenters. The van der Waals surface area contributed by atoms with Gasteiger partial charge < -0.3 is 4.90 Å². The lowest BCUT2D eigenvalue weighted by Crippen LogP contribution is -2.50. The first kappa shape index (κ1) is 16.2. The van der Waals surface area contributed by atoms with Crippen molar-refractivity contribution in [2.24, 2.45) is 11.8 Å². The van der Waals surface area contributed by atoms with Crippen LogP contribution < -0.4 is 0 Å². The van der Waals surface area contributed by atoms with Gasteiger partial charge in [0.25, 0.3) is 0 Å². The molecule has 0 aromatic rings. The molecule has 0 aromatic heterocycles. The normalized spacial score (nSPS) is 18.4. The summed E-state index contributed by atoms with van der Waals surface area (Å²) in [6.45, 7) is 8.40. The van der Waals surface area contributed by atoms with Crippen molar-refractivity contribution in [2.75, 3.05) is 6.54 Å². The highest BCUT2D eigenvalue weighted by atomic mass is 16.2. The van der Waals surface area contributed by atoms with Crippen LogP contribution in [0.25, 0.3) is 0 Å². The Hall–Kier alpha value is -0.860. The number of likely N-dealkylation sites (N-methyl/N-ethyl adjacent to an activating group) is 1. The van der Waals surface area contributed by atoms with Crippen molar-refractivity contribution in [3.05, 3.63) is 0 Å². The zero-order chi connectivity index (χ0) is 14.4. The second-order valence-corrected chi connectivity index (χ2v) is 5.93. The molecule has 0 bridgehead atoms. The minimum absolute atomic E-state index is 0.00522. The topological polar surface area (TPSA) is 37.4 Å². The van der Waals surface area contributed by atoms with Gasteiger partial charge in [-0.05, 0) is 25.7 Å². The van der Waals surface area contributed by atoms with E-state index < -0.39 is 0 Å². The molecule has 0 saturated heterocycles. The zero-order valence-corrected chi connectivity index (χ0v) is 12.9. The van der Waals surface area contributed by atoms with Gasteiger partial charge in [-0.2, -0.15) is 0 Å². The predicted octanol–water partition coefficient (Wildman–Crippen LogP) is 3.42. The summed E-state index contributed by atoms with van der Waals surface area (Å²) in [4.78, 5) is 26.5. The largest absolute Gasteiger partial charge is 0.333 e. The summed E-state index contributed by atoms with van der Waals surface area (Å²) in [5.41, 5.74) is 0. The van der Waals surface area contributed by atoms with Crippen molar-refractivity contribution in [2.45, 2.75) is 72.3 Å². The van der Waals surface area contributed by atoms with Crippen LogP contribution in [0.2, 0.25) is 0 Å². The number of hydrogen-bond acceptors (Lipinski definition) is 2. The first-order valence-corrected chi connectivity index (χ1v) is 7.86. The third-order valence-electron chi connectivity index (χ3n) is 4.26. The maximum absolute atomic E-state index is 12.6. The Morgan fingerprint density at radius 3 is 2.11 bits per heavy atom. The van der Waals surface area contributed by atoms with E-state index in [1.165, 1.54) is 19.3 Å². The molecule has 1 amide bonds. The van der Waals surface area contributed by atoms with Gasteiger partial charge >= 0.3 is 0 Å². The van der Waals surface area contributed by atoms with Gasteiger partial charge in [-0.1, -0.05) is 40.0 Å². The molecule has 110 valence electrons. The number of nitrogens with zero attached hydrogens (tertiary/aromatic N) is 1. The molecule has 3 heteroatoms. The number of amides is 1. The van der Waals surface area contributed by atoms with Crippen molar-refractivity contribution < 1.29 is 9.59 Å². The van der Waals surface area contributed by atoms with Gasteiger partial charge in [-0.3, -0.25) is 9.59 Å². The maximum Gasteiger partial charge on any atom is 0.222 e. The molecule has 1 aliphatic rings. The van der Waals surface area contributed by atoms with Gasteiger partial charge in [-0.15, -0.1) is 0 Å². The minimum Gasteiger partial charge on any atom is -0.333 e. The predicted molar refractivity (Wildman–Crippen MR) is 77.9 cm³/mol. The fourth-order valence-electron chi connectivity index (χ4n) is 3.16. The quantitative estimate of drug-likeness (QED) is 0.739. The number of carbonyl (C=O) groups is 2. The third kappa shape index (κ3) is 4.05. The Morgan fingerprint density at radius 2 is 1.68 bits per heavy atom. The highest BCUT2D eigenvalue weighted by Gasteiger charge is 2.36. The van der Waals surface area contributed by atoms with Crippen molar-refractivity contribution in [3.63, 3.8) is 0 Å². The Kier molecular flexibility index (Phi) is 6.53. The van der Waals surface area contributed by atoms with E-state index in [9.17, 15) is 9.59 Å². The fourth-order valence-corrected chi connectivity index (χ4v) is 3.16. The molecule has 0 aromatic carbocycles. The summed E-state index contributed by atoms with van der Waals surface area (Å²) >= 11 is 0. The van der Waals surface area contributed by atoms with E-state index in [1.54, 1.807) is 0 Å². The Labute approximate surface area is 117 Å². The van der Waals surface area contributed by atoms with Crippen molar-refractivity contribution >= 4 is 11.7 Å². The Morgan fingerprint density at radius 1 is 1.11 bits per heavy atom. The molecule has 1 saturated carbocycles. The Bertz CT molecular complexity index is 306. The number of Topliss-reactive ketones (excluding diaryl/α,β-unsaturated/α-hetero) is 1. The highest BCUT2D eigenvalue weighted by molar-refractivity contribution is 5.90. The van der Waals surface area contributed by atoms with E-state index in [0.29, 0.717) is 18.9 Å². The number of hydrogen-bond donors (Lipinski definition) is 0. The second kappa shape index (κ2) is 7.66. The van der Waals surface area contributed by atoms with Gasteiger partial charge in [0.15, 0.2) is 5.78 Å². The van der Waals surface area contributed by atoms with Crippen LogP contribution in [-0.2, 0) is 9.59 Å². The zero-order valence-electron chi connectivity index (χ0n) is 12.9. The second-order valence-electron chi connectivity index (χ2n) is 5.93. The van der Waals surface area contributed by atoms with E-state index in [1.807, 2.05) is 32.6 Å². The Balaban J connectivity index is 2.95. The summed E-state index contributed by atoms with van der Waals surface area (Å²) in [7, 11) is 0. The van der Waals surface area contributed by atoms with E-state index >= 15 is 0 Å². The van der Waals surface area contributed by atoms with Crippen LogP contribution in [0.5, 0.6) is 0 Å². The van der Waals surface area contributed by atoms with Crippen molar-refractivity contribution in [3.8, 4) is 0 Å². The van der Waals surface area contributed by atoms with Crippen LogP contribution in [0.3, 0.4) is 0 Å². The monoisotopic (exact) mass is 267 g/mol. The average Bonchev–Trinajstić information content (AvgIpc) is 2.43. The lowest BCUT2D eigenvalue weighted by atomic mass is 9.79. The van der Waals surface area contributed by atoms with Crippen LogP contribution in [0.1, 0.15) is 66.2 Å². The van der Waals surface area contributed by atoms with E-state index in [4.69, 9.17) is 0 Å². The molecule has 0 N–H and O–H groups in total. The van der Waals surface area contributed by atoms with Crippen LogP contribution in [0.4, 0.5) is 0 Å². The molecule has 0 spiro atoms. The van der Waals surface area contributed by atoms with Gasteiger partial charge in [0, 0.05) is 18.9 Å². The molecular formula is C16H29NO2. The van der Waals surface area contributed by atoms with Gasteiger partial charge in [0.2, 0.25) is 5.91 Å². The molecule has 0 aliphatic heterocycles. The standard InChI is InChI=1S/C16H29NO2/c1-5-14(18)17(6-2)15(16(19)12(3)4)13-10-8-7-9-11-13/h12-13,15H,5-11H2,1-4H3/t15-/m1/s1. The molecule has 0 radical (unpaired) electrons. The van der Waals surface area contributed by atoms with E-state index in [-0.39, 0.29) is 23.7 Å². The van der Waals surface area contributed by atoms with Gasteiger partial charge in [-0.25, -0.2) is 0 Å². The molecule has 3 nitrogen and oxygen atoms in total. The molecule has 19 heavy (non-hydrogen) atoms. The van der Waals surface area contributed by atoms with Gasteiger partial charge in [0.1, 0.15) is 0 Å². The van der Waals surface area contributed by atoms with E-state index in [2.05, 4.69) is 0 Å². The highest BCUT2D eigenvalue weighted by Crippen LogP contribution is 2.31. The third-order valence-corrected chi connectivity index (χ3v) is 4.26. The van der Waals surface area contributed by atoms with Gasteiger partial charge in [0.05, 0.1) is 6.04 Å².